The fourth-order valence-corrected chi connectivity index (χ4v) is 1.91. The first-order valence-electron chi connectivity index (χ1n) is 6.14. The second-order valence-corrected chi connectivity index (χ2v) is 4.29. The summed E-state index contributed by atoms with van der Waals surface area (Å²) < 4.78 is 4.91. The molecule has 1 fully saturated rings. The van der Waals surface area contributed by atoms with Crippen molar-refractivity contribution in [1.82, 2.24) is 4.98 Å². The van der Waals surface area contributed by atoms with Crippen molar-refractivity contribution in [3.8, 4) is 0 Å². The Hall–Kier alpha value is -2.18. The number of hydrogen-bond acceptors (Lipinski definition) is 6. The van der Waals surface area contributed by atoms with Gasteiger partial charge in [0, 0.05) is 12.2 Å². The minimum atomic E-state index is -0.483. The molecule has 1 aromatic heterocycles. The molecule has 1 aliphatic rings. The smallest absolute Gasteiger partial charge is 0.325 e. The molecule has 0 aromatic carbocycles. The maximum absolute atomic E-state index is 11.6. The van der Waals surface area contributed by atoms with E-state index in [0.29, 0.717) is 12.3 Å². The Morgan fingerprint density at radius 3 is 2.95 bits per heavy atom. The lowest BCUT2D eigenvalue weighted by Gasteiger charge is -2.22. The molecule has 0 saturated heterocycles. The molecule has 1 aromatic rings. The molecule has 7 heteroatoms. The summed E-state index contributed by atoms with van der Waals surface area (Å²) in [4.78, 5) is 27.6. The molecule has 0 atom stereocenters. The number of nitro groups is 1. The van der Waals surface area contributed by atoms with E-state index in [1.807, 2.05) is 0 Å². The molecule has 1 saturated carbocycles. The molecule has 0 N–H and O–H groups in total. The molecule has 0 bridgehead atoms. The van der Waals surface area contributed by atoms with Gasteiger partial charge in [0.1, 0.15) is 18.4 Å². The van der Waals surface area contributed by atoms with Crippen LogP contribution < -0.4 is 4.90 Å². The summed E-state index contributed by atoms with van der Waals surface area (Å²) in [5, 5.41) is 11.0. The second-order valence-electron chi connectivity index (χ2n) is 4.29. The van der Waals surface area contributed by atoms with E-state index in [1.165, 1.54) is 12.4 Å². The molecule has 0 unspecified atom stereocenters. The number of carbonyl (C=O) groups is 1. The van der Waals surface area contributed by atoms with Gasteiger partial charge in [-0.2, -0.15) is 0 Å². The second kappa shape index (κ2) is 5.64. The van der Waals surface area contributed by atoms with Crippen LogP contribution in [0.3, 0.4) is 0 Å². The lowest BCUT2D eigenvalue weighted by Crippen LogP contribution is -2.33. The van der Waals surface area contributed by atoms with E-state index in [4.69, 9.17) is 4.74 Å². The number of rotatable bonds is 6. The molecular weight excluding hydrogens is 250 g/mol. The van der Waals surface area contributed by atoms with E-state index in [0.717, 1.165) is 12.8 Å². The van der Waals surface area contributed by atoms with E-state index in [2.05, 4.69) is 4.98 Å². The van der Waals surface area contributed by atoms with Crippen molar-refractivity contribution in [1.29, 1.82) is 0 Å². The molecule has 1 heterocycles. The van der Waals surface area contributed by atoms with Gasteiger partial charge >= 0.3 is 11.7 Å². The topological polar surface area (TPSA) is 85.6 Å². The average Bonchev–Trinajstić information content (AvgIpc) is 3.20. The molecule has 0 aliphatic heterocycles. The number of nitrogens with zero attached hydrogens (tertiary/aromatic N) is 3. The highest BCUT2D eigenvalue weighted by Crippen LogP contribution is 2.36. The maximum Gasteiger partial charge on any atom is 0.325 e. The van der Waals surface area contributed by atoms with Crippen molar-refractivity contribution in [2.24, 2.45) is 0 Å². The normalized spacial score (nSPS) is 13.9. The predicted octanol–water partition coefficient (Wildman–Crippen LogP) is 1.52. The number of esters is 1. The third-order valence-corrected chi connectivity index (χ3v) is 2.88. The van der Waals surface area contributed by atoms with Crippen molar-refractivity contribution >= 4 is 17.3 Å². The molecule has 0 amide bonds. The molecular formula is C12H15N3O4. The Balaban J connectivity index is 2.24. The number of anilines is 1. The zero-order valence-corrected chi connectivity index (χ0v) is 10.6. The van der Waals surface area contributed by atoms with Gasteiger partial charge in [0.2, 0.25) is 0 Å². The van der Waals surface area contributed by atoms with Crippen molar-refractivity contribution in [3.05, 3.63) is 28.6 Å². The van der Waals surface area contributed by atoms with Gasteiger partial charge in [0.25, 0.3) is 0 Å². The van der Waals surface area contributed by atoms with Crippen LogP contribution in [0.4, 0.5) is 11.4 Å². The third-order valence-electron chi connectivity index (χ3n) is 2.88. The van der Waals surface area contributed by atoms with Crippen LogP contribution in [0.15, 0.2) is 18.5 Å². The first-order chi connectivity index (χ1) is 9.13. The summed E-state index contributed by atoms with van der Waals surface area (Å²) in [7, 11) is 0. The fraction of sp³-hybridized carbons (Fsp3) is 0.500. The highest BCUT2D eigenvalue weighted by atomic mass is 16.6. The van der Waals surface area contributed by atoms with E-state index in [9.17, 15) is 14.9 Å². The van der Waals surface area contributed by atoms with Gasteiger partial charge in [0.05, 0.1) is 11.5 Å². The van der Waals surface area contributed by atoms with Gasteiger partial charge in [-0.15, -0.1) is 0 Å². The molecule has 102 valence electrons. The van der Waals surface area contributed by atoms with Gasteiger partial charge in [0.15, 0.2) is 0 Å². The van der Waals surface area contributed by atoms with Crippen LogP contribution in [0.1, 0.15) is 19.8 Å². The average molecular weight is 265 g/mol. The minimum Gasteiger partial charge on any atom is -0.465 e. The largest absolute Gasteiger partial charge is 0.465 e. The van der Waals surface area contributed by atoms with Crippen molar-refractivity contribution < 1.29 is 14.5 Å². The highest BCUT2D eigenvalue weighted by Gasteiger charge is 2.34. The standard InChI is InChI=1S/C12H15N3O4/c1-2-19-12(16)8-14(9-3-4-9)10-5-6-13-7-11(10)15(17)18/h5-7,9H,2-4,8H2,1H3. The van der Waals surface area contributed by atoms with E-state index >= 15 is 0 Å². The summed E-state index contributed by atoms with van der Waals surface area (Å²) >= 11 is 0. The summed E-state index contributed by atoms with van der Waals surface area (Å²) in [6.45, 7) is 2.06. The first kappa shape index (κ1) is 13.3. The SMILES string of the molecule is CCOC(=O)CN(c1ccncc1[N+](=O)[O-])C1CC1. The molecule has 0 radical (unpaired) electrons. The number of hydrogen-bond donors (Lipinski definition) is 0. The lowest BCUT2D eigenvalue weighted by molar-refractivity contribution is -0.384. The summed E-state index contributed by atoms with van der Waals surface area (Å²) in [5.74, 6) is -0.375. The number of ether oxygens (including phenoxy) is 1. The molecule has 7 nitrogen and oxygen atoms in total. The first-order valence-corrected chi connectivity index (χ1v) is 6.14. The quantitative estimate of drug-likeness (QED) is 0.440. The van der Waals surface area contributed by atoms with Crippen molar-refractivity contribution in [2.45, 2.75) is 25.8 Å². The van der Waals surface area contributed by atoms with E-state index in [-0.39, 0.29) is 24.2 Å². The van der Waals surface area contributed by atoms with Gasteiger partial charge in [-0.1, -0.05) is 0 Å². The molecule has 19 heavy (non-hydrogen) atoms. The van der Waals surface area contributed by atoms with Crippen LogP contribution in [0.2, 0.25) is 0 Å². The summed E-state index contributed by atoms with van der Waals surface area (Å²) in [6.07, 6.45) is 4.55. The maximum atomic E-state index is 11.6. The Morgan fingerprint density at radius 1 is 1.63 bits per heavy atom. The van der Waals surface area contributed by atoms with Crippen LogP contribution in [-0.4, -0.2) is 35.1 Å². The zero-order valence-electron chi connectivity index (χ0n) is 10.6. The van der Waals surface area contributed by atoms with Crippen LogP contribution >= 0.6 is 0 Å². The number of pyridine rings is 1. The molecule has 0 spiro atoms. The molecule has 1 aliphatic carbocycles. The van der Waals surface area contributed by atoms with Crippen molar-refractivity contribution in [3.63, 3.8) is 0 Å². The van der Waals surface area contributed by atoms with E-state index in [1.54, 1.807) is 17.9 Å². The van der Waals surface area contributed by atoms with Crippen LogP contribution in [-0.2, 0) is 9.53 Å². The number of aromatic nitrogens is 1. The Kier molecular flexibility index (Phi) is 3.94. The Bertz CT molecular complexity index is 488. The van der Waals surface area contributed by atoms with Crippen LogP contribution in [0.5, 0.6) is 0 Å². The van der Waals surface area contributed by atoms with Crippen molar-refractivity contribution in [2.75, 3.05) is 18.1 Å². The summed E-state index contributed by atoms with van der Waals surface area (Å²) in [6, 6.07) is 1.74. The summed E-state index contributed by atoms with van der Waals surface area (Å²) in [5.41, 5.74) is 0.342. The Morgan fingerprint density at radius 2 is 2.37 bits per heavy atom. The van der Waals surface area contributed by atoms with Crippen LogP contribution in [0, 0.1) is 10.1 Å². The van der Waals surface area contributed by atoms with Gasteiger partial charge < -0.3 is 9.64 Å². The lowest BCUT2D eigenvalue weighted by atomic mass is 10.3. The zero-order chi connectivity index (χ0) is 13.8. The number of carbonyl (C=O) groups excluding carboxylic acids is 1. The highest BCUT2D eigenvalue weighted by molar-refractivity contribution is 5.78. The minimum absolute atomic E-state index is 0.0311. The third kappa shape index (κ3) is 3.18. The van der Waals surface area contributed by atoms with Gasteiger partial charge in [-0.25, -0.2) is 0 Å². The fourth-order valence-electron chi connectivity index (χ4n) is 1.91. The van der Waals surface area contributed by atoms with E-state index < -0.39 is 4.92 Å². The Labute approximate surface area is 110 Å². The van der Waals surface area contributed by atoms with Gasteiger partial charge in [-0.3, -0.25) is 19.9 Å². The van der Waals surface area contributed by atoms with Crippen LogP contribution in [0.25, 0.3) is 0 Å². The molecule has 2 rings (SSSR count). The van der Waals surface area contributed by atoms with Gasteiger partial charge in [-0.05, 0) is 25.8 Å². The monoisotopic (exact) mass is 265 g/mol. The predicted molar refractivity (Wildman–Crippen MR) is 67.9 cm³/mol.